The molecule has 0 saturated carbocycles. The van der Waals surface area contributed by atoms with Crippen molar-refractivity contribution in [2.45, 2.75) is 11.8 Å². The molecule has 0 aliphatic carbocycles. The first-order valence-electron chi connectivity index (χ1n) is 6.66. The predicted octanol–water partition coefficient (Wildman–Crippen LogP) is 3.39. The normalized spacial score (nSPS) is 10.7. The van der Waals surface area contributed by atoms with Crippen molar-refractivity contribution >= 4 is 10.1 Å². The molecule has 0 bridgehead atoms. The minimum absolute atomic E-state index is 0.0235. The van der Waals surface area contributed by atoms with Crippen LogP contribution in [-0.2, 0) is 14.3 Å². The second kappa shape index (κ2) is 6.55. The number of rotatable bonds is 5. The van der Waals surface area contributed by atoms with Gasteiger partial charge in [-0.3, -0.25) is 0 Å². The fourth-order valence-electron chi connectivity index (χ4n) is 2.19. The van der Waals surface area contributed by atoms with E-state index in [0.717, 1.165) is 11.8 Å². The molecule has 2 rings (SSSR count). The molecule has 118 valence electrons. The van der Waals surface area contributed by atoms with Crippen LogP contribution in [0.1, 0.15) is 11.1 Å². The first-order chi connectivity index (χ1) is 10.9. The summed E-state index contributed by atoms with van der Waals surface area (Å²) in [6.45, 7) is 5.11. The molecule has 0 radical (unpaired) electrons. The maximum Gasteiger partial charge on any atom is 0.339 e. The molecule has 0 heterocycles. The lowest BCUT2D eigenvalue weighted by atomic mass is 9.98. The van der Waals surface area contributed by atoms with Crippen LogP contribution in [0.4, 0.5) is 0 Å². The van der Waals surface area contributed by atoms with Crippen molar-refractivity contribution in [2.24, 2.45) is 0 Å². The maximum atomic E-state index is 12.3. The molecular weight excluding hydrogens is 314 g/mol. The summed E-state index contributed by atoms with van der Waals surface area (Å²) in [6, 6.07) is 11.8. The molecule has 0 aliphatic heterocycles. The average molecular weight is 329 g/mol. The van der Waals surface area contributed by atoms with E-state index in [4.69, 9.17) is 4.74 Å². The topological polar surface area (TPSA) is 76.4 Å². The highest BCUT2D eigenvalue weighted by Gasteiger charge is 2.22. The molecule has 0 N–H and O–H groups in total. The molecule has 0 saturated heterocycles. The third kappa shape index (κ3) is 3.35. The summed E-state index contributed by atoms with van der Waals surface area (Å²) in [5.74, 6) is 0.518. The lowest BCUT2D eigenvalue weighted by molar-refractivity contribution is 0.414. The van der Waals surface area contributed by atoms with Crippen LogP contribution in [0.25, 0.3) is 11.1 Å². The van der Waals surface area contributed by atoms with Crippen molar-refractivity contribution in [3.63, 3.8) is 0 Å². The van der Waals surface area contributed by atoms with Gasteiger partial charge in [0.15, 0.2) is 0 Å². The van der Waals surface area contributed by atoms with Gasteiger partial charge in [0.25, 0.3) is 0 Å². The van der Waals surface area contributed by atoms with Crippen LogP contribution < -0.4 is 4.74 Å². The summed E-state index contributed by atoms with van der Waals surface area (Å²) >= 11 is 0. The number of benzene rings is 2. The van der Waals surface area contributed by atoms with E-state index in [-0.39, 0.29) is 4.90 Å². The number of ether oxygens (including phenoxy) is 1. The molecule has 23 heavy (non-hydrogen) atoms. The van der Waals surface area contributed by atoms with Gasteiger partial charge >= 0.3 is 10.1 Å². The third-order valence-electron chi connectivity index (χ3n) is 3.24. The van der Waals surface area contributed by atoms with Crippen molar-refractivity contribution in [1.82, 2.24) is 0 Å². The summed E-state index contributed by atoms with van der Waals surface area (Å²) < 4.78 is 34.3. The average Bonchev–Trinajstić information content (AvgIpc) is 2.53. The summed E-state index contributed by atoms with van der Waals surface area (Å²) in [5, 5.41) is 9.36. The Balaban J connectivity index is 2.76. The number of nitrogens with zero attached hydrogens (tertiary/aromatic N) is 1. The van der Waals surface area contributed by atoms with Gasteiger partial charge in [0.05, 0.1) is 25.0 Å². The highest BCUT2D eigenvalue weighted by atomic mass is 32.2. The first-order valence-corrected chi connectivity index (χ1v) is 8.07. The van der Waals surface area contributed by atoms with Gasteiger partial charge in [-0.25, -0.2) is 0 Å². The van der Waals surface area contributed by atoms with E-state index >= 15 is 0 Å². The Morgan fingerprint density at radius 3 is 2.52 bits per heavy atom. The van der Waals surface area contributed by atoms with E-state index in [9.17, 15) is 13.7 Å². The van der Waals surface area contributed by atoms with Crippen molar-refractivity contribution in [1.29, 1.82) is 5.26 Å². The Morgan fingerprint density at radius 1 is 1.17 bits per heavy atom. The Morgan fingerprint density at radius 2 is 1.91 bits per heavy atom. The van der Waals surface area contributed by atoms with Crippen molar-refractivity contribution < 1.29 is 17.3 Å². The molecule has 0 fully saturated rings. The van der Waals surface area contributed by atoms with Gasteiger partial charge < -0.3 is 8.92 Å². The second-order valence-electron chi connectivity index (χ2n) is 4.74. The first kappa shape index (κ1) is 16.6. The van der Waals surface area contributed by atoms with Crippen LogP contribution >= 0.6 is 0 Å². The van der Waals surface area contributed by atoms with Gasteiger partial charge in [0.1, 0.15) is 10.6 Å². The summed E-state index contributed by atoms with van der Waals surface area (Å²) in [6.07, 6.45) is 0.859. The van der Waals surface area contributed by atoms with E-state index in [1.165, 1.54) is 13.2 Å². The second-order valence-corrected chi connectivity index (χ2v) is 6.28. The predicted molar refractivity (Wildman–Crippen MR) is 86.3 cm³/mol. The zero-order valence-corrected chi connectivity index (χ0v) is 13.6. The van der Waals surface area contributed by atoms with Crippen LogP contribution in [0.2, 0.25) is 0 Å². The van der Waals surface area contributed by atoms with E-state index in [1.807, 2.05) is 6.92 Å². The van der Waals surface area contributed by atoms with Gasteiger partial charge in [-0.2, -0.15) is 13.7 Å². The minimum atomic E-state index is -4.01. The molecule has 2 aromatic carbocycles. The summed E-state index contributed by atoms with van der Waals surface area (Å²) in [4.78, 5) is -0.0235. The smallest absolute Gasteiger partial charge is 0.339 e. The largest absolute Gasteiger partial charge is 0.497 e. The molecule has 0 unspecified atom stereocenters. The molecule has 6 heteroatoms. The van der Waals surface area contributed by atoms with Gasteiger partial charge in [0.2, 0.25) is 0 Å². The van der Waals surface area contributed by atoms with Crippen LogP contribution in [0, 0.1) is 18.3 Å². The number of aryl methyl sites for hydroxylation is 1. The third-order valence-corrected chi connectivity index (χ3v) is 4.52. The molecule has 0 aromatic heterocycles. The standard InChI is InChI=1S/C17H15NO4S/c1-4-22-23(19,20)17-8-5-12(2)9-16(17)15-7-6-14(21-3)10-13(15)11-18/h4-10H,1H2,2-3H3. The summed E-state index contributed by atoms with van der Waals surface area (Å²) in [7, 11) is -2.51. The summed E-state index contributed by atoms with van der Waals surface area (Å²) in [5.41, 5.74) is 2.05. The molecule has 0 aliphatic rings. The Hall–Kier alpha value is -2.78. The van der Waals surface area contributed by atoms with Crippen LogP contribution in [0.15, 0.2) is 54.1 Å². The lowest BCUT2D eigenvalue weighted by Gasteiger charge is -2.13. The fourth-order valence-corrected chi connectivity index (χ4v) is 3.15. The fraction of sp³-hybridized carbons (Fsp3) is 0.118. The van der Waals surface area contributed by atoms with Gasteiger partial charge in [-0.15, -0.1) is 0 Å². The molecule has 0 spiro atoms. The monoisotopic (exact) mass is 329 g/mol. The van der Waals surface area contributed by atoms with E-state index in [0.29, 0.717) is 22.4 Å². The SMILES string of the molecule is C=COS(=O)(=O)c1ccc(C)cc1-c1ccc(OC)cc1C#N. The highest BCUT2D eigenvalue weighted by molar-refractivity contribution is 7.87. The van der Waals surface area contributed by atoms with Crippen LogP contribution in [0.5, 0.6) is 5.75 Å². The quantitative estimate of drug-likeness (QED) is 0.621. The molecule has 0 amide bonds. The number of hydrogen-bond acceptors (Lipinski definition) is 5. The number of nitriles is 1. The Kier molecular flexibility index (Phi) is 4.72. The lowest BCUT2D eigenvalue weighted by Crippen LogP contribution is -2.05. The van der Waals surface area contributed by atoms with E-state index in [1.54, 1.807) is 30.3 Å². The molecular formula is C17H15NO4S. The van der Waals surface area contributed by atoms with E-state index in [2.05, 4.69) is 16.8 Å². The minimum Gasteiger partial charge on any atom is -0.497 e. The highest BCUT2D eigenvalue weighted by Crippen LogP contribution is 2.33. The van der Waals surface area contributed by atoms with Crippen molar-refractivity contribution in [2.75, 3.05) is 7.11 Å². The zero-order valence-electron chi connectivity index (χ0n) is 12.7. The van der Waals surface area contributed by atoms with Gasteiger partial charge in [0, 0.05) is 11.1 Å². The van der Waals surface area contributed by atoms with Crippen LogP contribution in [0.3, 0.4) is 0 Å². The maximum absolute atomic E-state index is 12.3. The van der Waals surface area contributed by atoms with Gasteiger partial charge in [-0.05, 0) is 37.3 Å². The Bertz CT molecular complexity index is 895. The van der Waals surface area contributed by atoms with Crippen molar-refractivity contribution in [3.05, 3.63) is 60.4 Å². The zero-order chi connectivity index (χ0) is 17.0. The van der Waals surface area contributed by atoms with E-state index < -0.39 is 10.1 Å². The molecule has 0 atom stereocenters. The number of hydrogen-bond donors (Lipinski definition) is 0. The number of methoxy groups -OCH3 is 1. The molecule has 5 nitrogen and oxygen atoms in total. The van der Waals surface area contributed by atoms with Crippen LogP contribution in [-0.4, -0.2) is 15.5 Å². The van der Waals surface area contributed by atoms with Crippen molar-refractivity contribution in [3.8, 4) is 22.9 Å². The van der Waals surface area contributed by atoms with Gasteiger partial charge in [-0.1, -0.05) is 18.2 Å². The Labute approximate surface area is 135 Å². The molecule has 2 aromatic rings.